The third-order valence-corrected chi connectivity index (χ3v) is 5.93. The van der Waals surface area contributed by atoms with Crippen LogP contribution >= 0.6 is 0 Å². The number of benzene rings is 1. The monoisotopic (exact) mass is 442 g/mol. The van der Waals surface area contributed by atoms with Crippen LogP contribution in [0.25, 0.3) is 11.3 Å². The van der Waals surface area contributed by atoms with Gasteiger partial charge in [0.25, 0.3) is 0 Å². The SMILES string of the molecule is CNC(=O)C1CCCNN1C(=O)C(CCc1ccccc1-c1cocn1)CC(C)C(=O)O. The first-order chi connectivity index (χ1) is 15.4. The number of amides is 2. The minimum absolute atomic E-state index is 0.193. The minimum Gasteiger partial charge on any atom is -0.481 e. The normalized spacial score (nSPS) is 18.1. The Morgan fingerprint density at radius 2 is 2.12 bits per heavy atom. The molecule has 0 saturated carbocycles. The molecule has 1 aromatic carbocycles. The van der Waals surface area contributed by atoms with Crippen molar-refractivity contribution in [1.82, 2.24) is 20.7 Å². The smallest absolute Gasteiger partial charge is 0.306 e. The number of rotatable bonds is 9. The average Bonchev–Trinajstić information content (AvgIpc) is 3.35. The highest BCUT2D eigenvalue weighted by atomic mass is 16.4. The van der Waals surface area contributed by atoms with Crippen LogP contribution in [0.3, 0.4) is 0 Å². The predicted molar refractivity (Wildman–Crippen MR) is 117 cm³/mol. The van der Waals surface area contributed by atoms with Gasteiger partial charge in [0, 0.05) is 25.1 Å². The molecule has 172 valence electrons. The number of aromatic nitrogens is 1. The molecule has 0 bridgehead atoms. The molecular weight excluding hydrogens is 412 g/mol. The minimum atomic E-state index is -0.944. The number of carbonyl (C=O) groups excluding carboxylic acids is 2. The standard InChI is InChI=1S/C23H30N4O5/c1-15(23(30)31)12-17(22(29)27-20(21(28)24-2)8-5-11-26-27)10-9-16-6-3-4-7-18(16)19-13-32-14-25-19/h3-4,6-7,13-15,17,20,26H,5,8-12H2,1-2H3,(H,24,28)(H,30,31). The zero-order chi connectivity index (χ0) is 23.1. The molecule has 1 aliphatic rings. The van der Waals surface area contributed by atoms with E-state index in [0.717, 1.165) is 17.5 Å². The molecule has 1 saturated heterocycles. The summed E-state index contributed by atoms with van der Waals surface area (Å²) in [4.78, 5) is 41.6. The van der Waals surface area contributed by atoms with Crippen LogP contribution in [0.2, 0.25) is 0 Å². The molecule has 9 nitrogen and oxygen atoms in total. The lowest BCUT2D eigenvalue weighted by Gasteiger charge is -2.37. The predicted octanol–water partition coefficient (Wildman–Crippen LogP) is 2.24. The molecule has 3 N–H and O–H groups in total. The Kier molecular flexibility index (Phi) is 7.99. The van der Waals surface area contributed by atoms with E-state index in [0.29, 0.717) is 31.5 Å². The molecule has 2 heterocycles. The summed E-state index contributed by atoms with van der Waals surface area (Å²) in [5.74, 6) is -2.65. The second kappa shape index (κ2) is 10.9. The van der Waals surface area contributed by atoms with E-state index in [-0.39, 0.29) is 18.2 Å². The van der Waals surface area contributed by atoms with Crippen molar-refractivity contribution in [2.75, 3.05) is 13.6 Å². The van der Waals surface area contributed by atoms with E-state index in [2.05, 4.69) is 15.7 Å². The fraction of sp³-hybridized carbons (Fsp3) is 0.478. The van der Waals surface area contributed by atoms with Crippen LogP contribution in [0.1, 0.15) is 38.2 Å². The lowest BCUT2D eigenvalue weighted by atomic mass is 9.88. The lowest BCUT2D eigenvalue weighted by Crippen LogP contribution is -2.59. The van der Waals surface area contributed by atoms with E-state index < -0.39 is 23.8 Å². The van der Waals surface area contributed by atoms with Crippen LogP contribution in [-0.2, 0) is 20.8 Å². The lowest BCUT2D eigenvalue weighted by molar-refractivity contribution is -0.151. The van der Waals surface area contributed by atoms with Gasteiger partial charge in [-0.1, -0.05) is 31.2 Å². The maximum atomic E-state index is 13.5. The Hall–Kier alpha value is -3.20. The molecule has 0 radical (unpaired) electrons. The van der Waals surface area contributed by atoms with Crippen molar-refractivity contribution in [3.8, 4) is 11.3 Å². The molecule has 3 rings (SSSR count). The van der Waals surface area contributed by atoms with E-state index in [4.69, 9.17) is 4.42 Å². The van der Waals surface area contributed by atoms with Crippen LogP contribution in [-0.4, -0.2) is 52.5 Å². The summed E-state index contributed by atoms with van der Waals surface area (Å²) in [5, 5.41) is 13.5. The molecule has 32 heavy (non-hydrogen) atoms. The molecule has 3 unspecified atom stereocenters. The number of hydrazine groups is 1. The van der Waals surface area contributed by atoms with E-state index in [9.17, 15) is 19.5 Å². The Morgan fingerprint density at radius 1 is 1.34 bits per heavy atom. The Morgan fingerprint density at radius 3 is 2.81 bits per heavy atom. The largest absolute Gasteiger partial charge is 0.481 e. The molecular formula is C23H30N4O5. The fourth-order valence-corrected chi connectivity index (χ4v) is 4.11. The highest BCUT2D eigenvalue weighted by Crippen LogP contribution is 2.27. The molecule has 0 aliphatic carbocycles. The third kappa shape index (κ3) is 5.53. The first-order valence-electron chi connectivity index (χ1n) is 10.9. The summed E-state index contributed by atoms with van der Waals surface area (Å²) in [6.45, 7) is 2.20. The fourth-order valence-electron chi connectivity index (χ4n) is 4.11. The summed E-state index contributed by atoms with van der Waals surface area (Å²) in [7, 11) is 1.55. The number of oxazole rings is 1. The molecule has 0 spiro atoms. The molecule has 2 aromatic rings. The van der Waals surface area contributed by atoms with Crippen molar-refractivity contribution in [3.63, 3.8) is 0 Å². The second-order valence-electron chi connectivity index (χ2n) is 8.13. The van der Waals surface area contributed by atoms with Crippen LogP contribution in [0.15, 0.2) is 41.3 Å². The Labute approximate surface area is 187 Å². The van der Waals surface area contributed by atoms with Crippen LogP contribution in [0, 0.1) is 11.8 Å². The number of carboxylic acids is 1. The Bertz CT molecular complexity index is 930. The van der Waals surface area contributed by atoms with Gasteiger partial charge in [0.05, 0.1) is 5.92 Å². The van der Waals surface area contributed by atoms with Crippen molar-refractivity contribution in [2.24, 2.45) is 11.8 Å². The number of carbonyl (C=O) groups is 3. The van der Waals surface area contributed by atoms with Crippen molar-refractivity contribution in [3.05, 3.63) is 42.5 Å². The van der Waals surface area contributed by atoms with Gasteiger partial charge in [0.1, 0.15) is 18.0 Å². The van der Waals surface area contributed by atoms with Gasteiger partial charge in [-0.15, -0.1) is 0 Å². The second-order valence-corrected chi connectivity index (χ2v) is 8.13. The van der Waals surface area contributed by atoms with E-state index in [1.54, 1.807) is 20.2 Å². The number of nitrogens with zero attached hydrogens (tertiary/aromatic N) is 2. The number of aryl methyl sites for hydroxylation is 1. The summed E-state index contributed by atoms with van der Waals surface area (Å²) < 4.78 is 5.11. The van der Waals surface area contributed by atoms with Gasteiger partial charge in [-0.05, 0) is 37.7 Å². The highest BCUT2D eigenvalue weighted by Gasteiger charge is 2.36. The van der Waals surface area contributed by atoms with Gasteiger partial charge in [0.15, 0.2) is 6.39 Å². The number of carboxylic acid groups (broad SMARTS) is 1. The molecule has 1 aromatic heterocycles. The average molecular weight is 443 g/mol. The number of aliphatic carboxylic acids is 1. The van der Waals surface area contributed by atoms with Crippen molar-refractivity contribution < 1.29 is 23.9 Å². The topological polar surface area (TPSA) is 125 Å². The van der Waals surface area contributed by atoms with Crippen molar-refractivity contribution in [1.29, 1.82) is 0 Å². The van der Waals surface area contributed by atoms with Gasteiger partial charge in [-0.3, -0.25) is 19.4 Å². The molecule has 3 atom stereocenters. The van der Waals surface area contributed by atoms with Crippen LogP contribution < -0.4 is 10.7 Å². The van der Waals surface area contributed by atoms with Gasteiger partial charge in [0.2, 0.25) is 11.8 Å². The molecule has 1 fully saturated rings. The van der Waals surface area contributed by atoms with E-state index in [1.165, 1.54) is 11.4 Å². The first-order valence-corrected chi connectivity index (χ1v) is 10.9. The Balaban J connectivity index is 1.81. The summed E-state index contributed by atoms with van der Waals surface area (Å²) in [5.41, 5.74) is 5.67. The van der Waals surface area contributed by atoms with Gasteiger partial charge >= 0.3 is 5.97 Å². The number of hydrogen-bond acceptors (Lipinski definition) is 6. The van der Waals surface area contributed by atoms with Gasteiger partial charge in [-0.25, -0.2) is 10.4 Å². The molecule has 2 amide bonds. The van der Waals surface area contributed by atoms with Gasteiger partial charge in [-0.2, -0.15) is 0 Å². The number of likely N-dealkylation sites (N-methyl/N-ethyl adjacent to an activating group) is 1. The van der Waals surface area contributed by atoms with Crippen molar-refractivity contribution >= 4 is 17.8 Å². The summed E-state index contributed by atoms with van der Waals surface area (Å²) in [6.07, 6.45) is 5.48. The quantitative estimate of drug-likeness (QED) is 0.544. The summed E-state index contributed by atoms with van der Waals surface area (Å²) >= 11 is 0. The molecule has 1 aliphatic heterocycles. The van der Waals surface area contributed by atoms with E-state index >= 15 is 0 Å². The molecule has 9 heteroatoms. The van der Waals surface area contributed by atoms with E-state index in [1.807, 2.05) is 24.3 Å². The maximum Gasteiger partial charge on any atom is 0.306 e. The third-order valence-electron chi connectivity index (χ3n) is 5.93. The van der Waals surface area contributed by atoms with Gasteiger partial charge < -0.3 is 14.8 Å². The zero-order valence-electron chi connectivity index (χ0n) is 18.4. The van der Waals surface area contributed by atoms with Crippen LogP contribution in [0.5, 0.6) is 0 Å². The first kappa shape index (κ1) is 23.5. The van der Waals surface area contributed by atoms with Crippen LogP contribution in [0.4, 0.5) is 0 Å². The maximum absolute atomic E-state index is 13.5. The zero-order valence-corrected chi connectivity index (χ0v) is 18.4. The highest BCUT2D eigenvalue weighted by molar-refractivity contribution is 5.88. The van der Waals surface area contributed by atoms with Crippen molar-refractivity contribution in [2.45, 2.75) is 45.1 Å². The summed E-state index contributed by atoms with van der Waals surface area (Å²) in [6, 6.07) is 7.14. The number of hydrogen-bond donors (Lipinski definition) is 3. The number of nitrogens with one attached hydrogen (secondary N) is 2.